The Morgan fingerprint density at radius 2 is 1.66 bits per heavy atom. The summed E-state index contributed by atoms with van der Waals surface area (Å²) >= 11 is 0. The van der Waals surface area contributed by atoms with E-state index in [1.807, 2.05) is 35.2 Å². The van der Waals surface area contributed by atoms with Crippen molar-refractivity contribution in [3.63, 3.8) is 0 Å². The molecule has 2 N–H and O–H groups in total. The smallest absolute Gasteiger partial charge is 0.244 e. The lowest BCUT2D eigenvalue weighted by atomic mass is 10.2. The summed E-state index contributed by atoms with van der Waals surface area (Å²) in [5.41, 5.74) is 1.44. The van der Waals surface area contributed by atoms with Crippen molar-refractivity contribution in [1.29, 1.82) is 0 Å². The Morgan fingerprint density at radius 3 is 2.31 bits per heavy atom. The van der Waals surface area contributed by atoms with Crippen LogP contribution in [0.2, 0.25) is 0 Å². The number of hydrogen-bond donors (Lipinski definition) is 2. The lowest BCUT2D eigenvalue weighted by Gasteiger charge is -2.35. The summed E-state index contributed by atoms with van der Waals surface area (Å²) in [5, 5.41) is 5.43. The van der Waals surface area contributed by atoms with Crippen LogP contribution in [0.1, 0.15) is 12.5 Å². The second-order valence-corrected chi connectivity index (χ2v) is 7.63. The Balaban J connectivity index is 1.40. The molecule has 3 rings (SSSR count). The number of carbonyl (C=O) groups excluding carboxylic acids is 3. The maximum Gasteiger partial charge on any atom is 0.244 e. The van der Waals surface area contributed by atoms with Gasteiger partial charge in [-0.3, -0.25) is 19.3 Å². The van der Waals surface area contributed by atoms with E-state index in [0.717, 1.165) is 5.56 Å². The standard InChI is InChI=1S/C24H27FN4O3/c1-18(26-22(30)12-7-19-5-3-2-4-6-19)24(32)29-15-13-28(14-16-29)17-23(31)27-21-10-8-20(25)9-11-21/h2-12,18H,13-17H2,1H3,(H,26,30)(H,27,31)/b12-7+. The van der Waals surface area contributed by atoms with Crippen molar-refractivity contribution in [2.75, 3.05) is 38.0 Å². The maximum absolute atomic E-state index is 13.0. The van der Waals surface area contributed by atoms with Crippen LogP contribution < -0.4 is 10.6 Å². The van der Waals surface area contributed by atoms with Crippen molar-refractivity contribution in [3.05, 3.63) is 72.1 Å². The Kier molecular flexibility index (Phi) is 8.10. The summed E-state index contributed by atoms with van der Waals surface area (Å²) in [5.74, 6) is -1.03. The summed E-state index contributed by atoms with van der Waals surface area (Å²) in [6, 6.07) is 14.4. The molecule has 0 spiro atoms. The van der Waals surface area contributed by atoms with Gasteiger partial charge in [0, 0.05) is 37.9 Å². The molecular formula is C24H27FN4O3. The molecule has 1 aliphatic heterocycles. The zero-order valence-corrected chi connectivity index (χ0v) is 18.0. The minimum atomic E-state index is -0.642. The number of amides is 3. The van der Waals surface area contributed by atoms with E-state index in [2.05, 4.69) is 10.6 Å². The summed E-state index contributed by atoms with van der Waals surface area (Å²) in [7, 11) is 0. The third-order valence-electron chi connectivity index (χ3n) is 5.14. The van der Waals surface area contributed by atoms with Crippen LogP contribution in [-0.2, 0) is 14.4 Å². The quantitative estimate of drug-likeness (QED) is 0.649. The maximum atomic E-state index is 13.0. The van der Waals surface area contributed by atoms with E-state index in [1.165, 1.54) is 30.3 Å². The largest absolute Gasteiger partial charge is 0.341 e. The highest BCUT2D eigenvalue weighted by Gasteiger charge is 2.26. The van der Waals surface area contributed by atoms with Crippen molar-refractivity contribution >= 4 is 29.5 Å². The van der Waals surface area contributed by atoms with E-state index < -0.39 is 6.04 Å². The number of hydrogen-bond acceptors (Lipinski definition) is 4. The highest BCUT2D eigenvalue weighted by atomic mass is 19.1. The van der Waals surface area contributed by atoms with Crippen LogP contribution in [-0.4, -0.2) is 66.3 Å². The minimum Gasteiger partial charge on any atom is -0.341 e. The molecule has 1 aliphatic rings. The van der Waals surface area contributed by atoms with Gasteiger partial charge in [0.15, 0.2) is 0 Å². The molecule has 1 atom stereocenters. The van der Waals surface area contributed by atoms with E-state index in [0.29, 0.717) is 31.9 Å². The number of anilines is 1. The topological polar surface area (TPSA) is 81.8 Å². The number of piperazine rings is 1. The molecule has 0 radical (unpaired) electrons. The van der Waals surface area contributed by atoms with E-state index in [1.54, 1.807) is 17.9 Å². The zero-order valence-electron chi connectivity index (χ0n) is 18.0. The average molecular weight is 439 g/mol. The van der Waals surface area contributed by atoms with Crippen LogP contribution in [0.4, 0.5) is 10.1 Å². The average Bonchev–Trinajstić information content (AvgIpc) is 2.80. The van der Waals surface area contributed by atoms with E-state index in [9.17, 15) is 18.8 Å². The van der Waals surface area contributed by atoms with Gasteiger partial charge in [-0.2, -0.15) is 0 Å². The molecular weight excluding hydrogens is 411 g/mol. The third-order valence-corrected chi connectivity index (χ3v) is 5.14. The van der Waals surface area contributed by atoms with Crippen molar-refractivity contribution in [2.24, 2.45) is 0 Å². The molecule has 0 bridgehead atoms. The van der Waals surface area contributed by atoms with Gasteiger partial charge >= 0.3 is 0 Å². The van der Waals surface area contributed by atoms with Crippen LogP contribution in [0.3, 0.4) is 0 Å². The number of nitrogens with one attached hydrogen (secondary N) is 2. The van der Waals surface area contributed by atoms with Gasteiger partial charge < -0.3 is 15.5 Å². The molecule has 8 heteroatoms. The van der Waals surface area contributed by atoms with E-state index in [4.69, 9.17) is 0 Å². The minimum absolute atomic E-state index is 0.151. The third kappa shape index (κ3) is 7.02. The molecule has 0 saturated carbocycles. The van der Waals surface area contributed by atoms with Crippen molar-refractivity contribution in [3.8, 4) is 0 Å². The molecule has 3 amide bonds. The molecule has 2 aromatic rings. The van der Waals surface area contributed by atoms with Gasteiger partial charge in [-0.25, -0.2) is 4.39 Å². The van der Waals surface area contributed by atoms with Crippen LogP contribution in [0, 0.1) is 5.82 Å². The molecule has 1 saturated heterocycles. The second-order valence-electron chi connectivity index (χ2n) is 7.63. The fraction of sp³-hybridized carbons (Fsp3) is 0.292. The lowest BCUT2D eigenvalue weighted by molar-refractivity contribution is -0.136. The Bertz CT molecular complexity index is 955. The fourth-order valence-electron chi connectivity index (χ4n) is 3.40. The molecule has 0 aromatic heterocycles. The first-order chi connectivity index (χ1) is 15.4. The van der Waals surface area contributed by atoms with Gasteiger partial charge in [-0.15, -0.1) is 0 Å². The summed E-state index contributed by atoms with van der Waals surface area (Å²) in [4.78, 5) is 40.6. The zero-order chi connectivity index (χ0) is 22.9. The Labute approximate surface area is 186 Å². The molecule has 0 aliphatic carbocycles. The van der Waals surface area contributed by atoms with E-state index >= 15 is 0 Å². The summed E-state index contributed by atoms with van der Waals surface area (Å²) in [6.45, 7) is 3.91. The molecule has 168 valence electrons. The second kappa shape index (κ2) is 11.2. The lowest BCUT2D eigenvalue weighted by Crippen LogP contribution is -2.54. The van der Waals surface area contributed by atoms with Gasteiger partial charge in [-0.1, -0.05) is 30.3 Å². The van der Waals surface area contributed by atoms with Gasteiger partial charge in [-0.05, 0) is 42.8 Å². The monoisotopic (exact) mass is 438 g/mol. The Hall–Kier alpha value is -3.52. The number of nitrogens with zero attached hydrogens (tertiary/aromatic N) is 2. The first-order valence-electron chi connectivity index (χ1n) is 10.5. The van der Waals surface area contributed by atoms with Crippen molar-refractivity contribution in [1.82, 2.24) is 15.1 Å². The van der Waals surface area contributed by atoms with Crippen LogP contribution in [0.15, 0.2) is 60.7 Å². The number of halogens is 1. The first-order valence-corrected chi connectivity index (χ1v) is 10.5. The molecule has 1 fully saturated rings. The van der Waals surface area contributed by atoms with Gasteiger partial charge in [0.1, 0.15) is 11.9 Å². The molecule has 1 heterocycles. The van der Waals surface area contributed by atoms with Gasteiger partial charge in [0.05, 0.1) is 6.54 Å². The Morgan fingerprint density at radius 1 is 1.00 bits per heavy atom. The van der Waals surface area contributed by atoms with Crippen LogP contribution >= 0.6 is 0 Å². The SMILES string of the molecule is CC(NC(=O)/C=C/c1ccccc1)C(=O)N1CCN(CC(=O)Nc2ccc(F)cc2)CC1. The molecule has 1 unspecified atom stereocenters. The van der Waals surface area contributed by atoms with Gasteiger partial charge in [0.2, 0.25) is 17.7 Å². The van der Waals surface area contributed by atoms with E-state index in [-0.39, 0.29) is 30.1 Å². The molecule has 2 aromatic carbocycles. The number of benzene rings is 2. The highest BCUT2D eigenvalue weighted by molar-refractivity contribution is 5.95. The van der Waals surface area contributed by atoms with Crippen molar-refractivity contribution in [2.45, 2.75) is 13.0 Å². The molecule has 7 nitrogen and oxygen atoms in total. The van der Waals surface area contributed by atoms with Crippen LogP contribution in [0.25, 0.3) is 6.08 Å². The normalized spacial score (nSPS) is 15.4. The summed E-state index contributed by atoms with van der Waals surface area (Å²) in [6.07, 6.45) is 3.11. The highest BCUT2D eigenvalue weighted by Crippen LogP contribution is 2.09. The van der Waals surface area contributed by atoms with Crippen LogP contribution in [0.5, 0.6) is 0 Å². The first kappa shape index (κ1) is 23.1. The summed E-state index contributed by atoms with van der Waals surface area (Å²) < 4.78 is 13.0. The van der Waals surface area contributed by atoms with Gasteiger partial charge in [0.25, 0.3) is 0 Å². The predicted octanol–water partition coefficient (Wildman–Crippen LogP) is 2.13. The fourth-order valence-corrected chi connectivity index (χ4v) is 3.40. The number of rotatable bonds is 7. The molecule has 32 heavy (non-hydrogen) atoms. The predicted molar refractivity (Wildman–Crippen MR) is 121 cm³/mol. The van der Waals surface area contributed by atoms with Crippen molar-refractivity contribution < 1.29 is 18.8 Å². The number of carbonyl (C=O) groups is 3.